The number of halogens is 1. The molecule has 1 fully saturated rings. The molecule has 1 saturated carbocycles. The van der Waals surface area contributed by atoms with Gasteiger partial charge in [-0.2, -0.15) is 4.98 Å². The van der Waals surface area contributed by atoms with E-state index in [0.29, 0.717) is 12.0 Å². The van der Waals surface area contributed by atoms with Crippen molar-refractivity contribution in [1.29, 1.82) is 0 Å². The van der Waals surface area contributed by atoms with Crippen molar-refractivity contribution in [3.63, 3.8) is 0 Å². The first-order valence-electron chi connectivity index (χ1n) is 11.4. The van der Waals surface area contributed by atoms with Crippen molar-refractivity contribution in [3.8, 4) is 0 Å². The molecule has 1 unspecified atom stereocenters. The van der Waals surface area contributed by atoms with Crippen LogP contribution in [0.3, 0.4) is 0 Å². The summed E-state index contributed by atoms with van der Waals surface area (Å²) in [5.41, 5.74) is 2.01. The zero-order valence-electron chi connectivity index (χ0n) is 19.3. The van der Waals surface area contributed by atoms with Gasteiger partial charge in [0, 0.05) is 36.0 Å². The predicted molar refractivity (Wildman–Crippen MR) is 138 cm³/mol. The van der Waals surface area contributed by atoms with Crippen LogP contribution in [0.1, 0.15) is 44.2 Å². The van der Waals surface area contributed by atoms with E-state index in [1.54, 1.807) is 0 Å². The van der Waals surface area contributed by atoms with Gasteiger partial charge in [-0.15, -0.1) is 0 Å². The maximum absolute atomic E-state index is 12.5. The minimum Gasteiger partial charge on any atom is -0.362 e. The number of nitrogens with zero attached hydrogens (tertiary/aromatic N) is 3. The smallest absolute Gasteiger partial charge is 0.315 e. The Balaban J connectivity index is 1.29. The van der Waals surface area contributed by atoms with Gasteiger partial charge in [-0.1, -0.05) is 40.2 Å². The minimum absolute atomic E-state index is 0.0490. The quantitative estimate of drug-likeness (QED) is 0.422. The molecule has 1 aromatic heterocycles. The number of carbonyl (C=O) groups excluding carboxylic acids is 1. The largest absolute Gasteiger partial charge is 0.362 e. The fraction of sp³-hybridized carbons (Fsp3) is 0.400. The topological polar surface area (TPSA) is 82.2 Å². The van der Waals surface area contributed by atoms with E-state index in [2.05, 4.69) is 31.9 Å². The van der Waals surface area contributed by atoms with Gasteiger partial charge in [0.2, 0.25) is 5.95 Å². The van der Waals surface area contributed by atoms with Crippen molar-refractivity contribution in [2.75, 3.05) is 24.3 Å². The molecule has 0 radical (unpaired) electrons. The lowest BCUT2D eigenvalue weighted by Crippen LogP contribution is -2.45. The number of nitrogens with one attached hydrogen (secondary N) is 3. The third-order valence-corrected chi connectivity index (χ3v) is 6.65. The molecule has 4 rings (SSSR count). The van der Waals surface area contributed by atoms with Gasteiger partial charge < -0.3 is 20.9 Å². The first kappa shape index (κ1) is 23.3. The number of para-hydroxylation sites is 1. The molecule has 1 aliphatic rings. The lowest BCUT2D eigenvalue weighted by Gasteiger charge is -2.30. The van der Waals surface area contributed by atoms with E-state index >= 15 is 0 Å². The molecule has 1 aliphatic carbocycles. The first-order chi connectivity index (χ1) is 15.9. The van der Waals surface area contributed by atoms with Gasteiger partial charge in [0.1, 0.15) is 5.82 Å². The summed E-state index contributed by atoms with van der Waals surface area (Å²) in [7, 11) is 4.00. The molecular weight excluding hydrogens is 480 g/mol. The summed E-state index contributed by atoms with van der Waals surface area (Å²) in [4.78, 5) is 24.0. The number of aromatic nitrogens is 2. The SMILES string of the molecule is CC(NC(=O)NC1CCC(Nc2nc(N(C)C)c3ccccc3n2)CC1)c1ccc(Br)cc1. The second-order valence-corrected chi connectivity index (χ2v) is 9.78. The van der Waals surface area contributed by atoms with Crippen LogP contribution < -0.4 is 20.9 Å². The van der Waals surface area contributed by atoms with Gasteiger partial charge in [-0.3, -0.25) is 0 Å². The predicted octanol–water partition coefficient (Wildman–Crippen LogP) is 5.24. The summed E-state index contributed by atoms with van der Waals surface area (Å²) in [5.74, 6) is 1.57. The molecule has 7 nitrogen and oxygen atoms in total. The molecule has 3 aromatic rings. The van der Waals surface area contributed by atoms with E-state index in [0.717, 1.165) is 52.4 Å². The van der Waals surface area contributed by atoms with Crippen LogP contribution in [0.2, 0.25) is 0 Å². The van der Waals surface area contributed by atoms with E-state index in [4.69, 9.17) is 9.97 Å². The van der Waals surface area contributed by atoms with Crippen LogP contribution in [0.15, 0.2) is 53.0 Å². The number of fused-ring (bicyclic) bond motifs is 1. The molecular formula is C25H31BrN6O. The third-order valence-electron chi connectivity index (χ3n) is 6.12. The van der Waals surface area contributed by atoms with Gasteiger partial charge >= 0.3 is 6.03 Å². The normalized spacial score (nSPS) is 19.0. The van der Waals surface area contributed by atoms with E-state index in [9.17, 15) is 4.79 Å². The van der Waals surface area contributed by atoms with Gasteiger partial charge in [0.15, 0.2) is 0 Å². The molecule has 2 aromatic carbocycles. The second-order valence-electron chi connectivity index (χ2n) is 8.87. The van der Waals surface area contributed by atoms with Crippen molar-refractivity contribution < 1.29 is 4.79 Å². The molecule has 8 heteroatoms. The average Bonchev–Trinajstić information content (AvgIpc) is 2.80. The molecule has 0 saturated heterocycles. The van der Waals surface area contributed by atoms with E-state index in [1.807, 2.05) is 74.4 Å². The van der Waals surface area contributed by atoms with Gasteiger partial charge in [0.05, 0.1) is 11.6 Å². The highest BCUT2D eigenvalue weighted by molar-refractivity contribution is 9.10. The third kappa shape index (κ3) is 5.93. The molecule has 0 bridgehead atoms. The highest BCUT2D eigenvalue weighted by Gasteiger charge is 2.24. The Morgan fingerprint density at radius 3 is 2.36 bits per heavy atom. The van der Waals surface area contributed by atoms with Crippen molar-refractivity contribution in [2.45, 2.75) is 50.7 Å². The van der Waals surface area contributed by atoms with Gasteiger partial charge in [0.25, 0.3) is 0 Å². The van der Waals surface area contributed by atoms with Crippen LogP contribution in [-0.4, -0.2) is 42.2 Å². The number of urea groups is 1. The van der Waals surface area contributed by atoms with Crippen LogP contribution in [0.5, 0.6) is 0 Å². The summed E-state index contributed by atoms with van der Waals surface area (Å²) in [5, 5.41) is 10.7. The van der Waals surface area contributed by atoms with Crippen LogP contribution in [0, 0.1) is 0 Å². The Kier molecular flexibility index (Phi) is 7.33. The molecule has 3 N–H and O–H groups in total. The van der Waals surface area contributed by atoms with E-state index < -0.39 is 0 Å². The Morgan fingerprint density at radius 2 is 1.67 bits per heavy atom. The van der Waals surface area contributed by atoms with Gasteiger partial charge in [-0.05, 0) is 62.4 Å². The van der Waals surface area contributed by atoms with Crippen LogP contribution in [0.4, 0.5) is 16.6 Å². The Bertz CT molecular complexity index is 1100. The number of rotatable bonds is 6. The summed E-state index contributed by atoms with van der Waals surface area (Å²) in [6, 6.07) is 16.4. The standard InChI is InChI=1S/C25H31BrN6O/c1-16(17-8-10-18(26)11-9-17)27-25(33)29-20-14-12-19(13-15-20)28-24-30-22-7-5-4-6-21(22)23(31-24)32(2)3/h4-11,16,19-20H,12-15H2,1-3H3,(H2,27,29,33)(H,28,30,31). The summed E-state index contributed by atoms with van der Waals surface area (Å²) in [6.07, 6.45) is 3.76. The molecule has 2 amide bonds. The van der Waals surface area contributed by atoms with Crippen molar-refractivity contribution in [2.24, 2.45) is 0 Å². The zero-order valence-corrected chi connectivity index (χ0v) is 20.9. The number of hydrogen-bond donors (Lipinski definition) is 3. The summed E-state index contributed by atoms with van der Waals surface area (Å²) >= 11 is 3.44. The Hall–Kier alpha value is -2.87. The fourth-order valence-corrected chi connectivity index (χ4v) is 4.55. The number of hydrogen-bond acceptors (Lipinski definition) is 5. The maximum atomic E-state index is 12.5. The number of amides is 2. The van der Waals surface area contributed by atoms with Crippen LogP contribution in [0.25, 0.3) is 10.9 Å². The van der Waals surface area contributed by atoms with Crippen LogP contribution >= 0.6 is 15.9 Å². The lowest BCUT2D eigenvalue weighted by atomic mass is 9.91. The van der Waals surface area contributed by atoms with Crippen molar-refractivity contribution in [3.05, 3.63) is 58.6 Å². The summed E-state index contributed by atoms with van der Waals surface area (Å²) < 4.78 is 1.03. The maximum Gasteiger partial charge on any atom is 0.315 e. The molecule has 0 spiro atoms. The van der Waals surface area contributed by atoms with Gasteiger partial charge in [-0.25, -0.2) is 9.78 Å². The highest BCUT2D eigenvalue weighted by atomic mass is 79.9. The van der Waals surface area contributed by atoms with E-state index in [1.165, 1.54) is 0 Å². The average molecular weight is 511 g/mol. The monoisotopic (exact) mass is 510 g/mol. The first-order valence-corrected chi connectivity index (χ1v) is 12.2. The Morgan fingerprint density at radius 1 is 1.00 bits per heavy atom. The lowest BCUT2D eigenvalue weighted by molar-refractivity contribution is 0.229. The summed E-state index contributed by atoms with van der Waals surface area (Å²) in [6.45, 7) is 2.00. The number of carbonyl (C=O) groups is 1. The minimum atomic E-state index is -0.115. The molecule has 33 heavy (non-hydrogen) atoms. The molecule has 1 heterocycles. The van der Waals surface area contributed by atoms with E-state index in [-0.39, 0.29) is 18.1 Å². The fourth-order valence-electron chi connectivity index (χ4n) is 4.29. The molecule has 1 atom stereocenters. The number of anilines is 2. The van der Waals surface area contributed by atoms with Crippen molar-refractivity contribution >= 4 is 44.6 Å². The molecule has 0 aliphatic heterocycles. The zero-order chi connectivity index (χ0) is 23.4. The van der Waals surface area contributed by atoms with Crippen molar-refractivity contribution in [1.82, 2.24) is 20.6 Å². The van der Waals surface area contributed by atoms with Crippen LogP contribution in [-0.2, 0) is 0 Å². The second kappa shape index (κ2) is 10.4. The highest BCUT2D eigenvalue weighted by Crippen LogP contribution is 2.26. The molecule has 174 valence electrons. The number of benzene rings is 2. The Labute approximate surface area is 203 Å².